The van der Waals surface area contributed by atoms with E-state index in [0.29, 0.717) is 23.8 Å². The fourth-order valence-corrected chi connectivity index (χ4v) is 2.58. The molecular formula is C14H20FNO2. The molecule has 0 amide bonds. The maximum Gasteiger partial charge on any atom is 0.131 e. The van der Waals surface area contributed by atoms with Gasteiger partial charge in [-0.25, -0.2) is 4.39 Å². The van der Waals surface area contributed by atoms with E-state index < -0.39 is 0 Å². The summed E-state index contributed by atoms with van der Waals surface area (Å²) in [5.74, 6) is 0.756. The third-order valence-corrected chi connectivity index (χ3v) is 3.82. The van der Waals surface area contributed by atoms with Gasteiger partial charge >= 0.3 is 0 Å². The molecule has 3 nitrogen and oxygen atoms in total. The van der Waals surface area contributed by atoms with Crippen LogP contribution in [-0.4, -0.2) is 36.3 Å². The fourth-order valence-electron chi connectivity index (χ4n) is 2.58. The lowest BCUT2D eigenvalue weighted by Gasteiger charge is -2.25. The summed E-state index contributed by atoms with van der Waals surface area (Å²) in [4.78, 5) is 2.15. The summed E-state index contributed by atoms with van der Waals surface area (Å²) >= 11 is 0. The molecule has 1 heterocycles. The lowest BCUT2D eigenvalue weighted by Crippen LogP contribution is -2.34. The van der Waals surface area contributed by atoms with Crippen molar-refractivity contribution in [1.29, 1.82) is 0 Å². The second-order valence-electron chi connectivity index (χ2n) is 4.94. The number of hydrogen-bond donors (Lipinski definition) is 1. The molecule has 1 aliphatic heterocycles. The molecule has 1 saturated heterocycles. The Labute approximate surface area is 107 Å². The summed E-state index contributed by atoms with van der Waals surface area (Å²) in [6.45, 7) is 3.73. The average molecular weight is 253 g/mol. The minimum Gasteiger partial charge on any atom is -0.497 e. The Morgan fingerprint density at radius 3 is 2.89 bits per heavy atom. The molecule has 2 unspecified atom stereocenters. The van der Waals surface area contributed by atoms with Crippen LogP contribution in [0.15, 0.2) is 18.2 Å². The van der Waals surface area contributed by atoms with Crippen LogP contribution in [0.3, 0.4) is 0 Å². The van der Waals surface area contributed by atoms with Crippen LogP contribution >= 0.6 is 0 Å². The monoisotopic (exact) mass is 253 g/mol. The number of methoxy groups -OCH3 is 1. The van der Waals surface area contributed by atoms with Crippen molar-refractivity contribution in [3.8, 4) is 5.75 Å². The molecule has 1 N–H and O–H groups in total. The first-order valence-electron chi connectivity index (χ1n) is 6.33. The molecule has 1 aliphatic rings. The molecule has 0 bridgehead atoms. The smallest absolute Gasteiger partial charge is 0.131 e. The van der Waals surface area contributed by atoms with Gasteiger partial charge in [-0.3, -0.25) is 4.90 Å². The van der Waals surface area contributed by atoms with Crippen molar-refractivity contribution in [1.82, 2.24) is 4.90 Å². The van der Waals surface area contributed by atoms with Crippen molar-refractivity contribution in [2.24, 2.45) is 5.92 Å². The third-order valence-electron chi connectivity index (χ3n) is 3.82. The van der Waals surface area contributed by atoms with Crippen molar-refractivity contribution in [2.75, 3.05) is 20.3 Å². The zero-order valence-corrected chi connectivity index (χ0v) is 10.9. The number of hydrogen-bond acceptors (Lipinski definition) is 3. The van der Waals surface area contributed by atoms with Crippen molar-refractivity contribution in [3.05, 3.63) is 29.6 Å². The number of halogens is 1. The van der Waals surface area contributed by atoms with Crippen LogP contribution in [0.25, 0.3) is 0 Å². The summed E-state index contributed by atoms with van der Waals surface area (Å²) in [7, 11) is 1.53. The third kappa shape index (κ3) is 2.65. The number of nitrogens with zero attached hydrogens (tertiary/aromatic N) is 1. The van der Waals surface area contributed by atoms with E-state index in [9.17, 15) is 9.50 Å². The minimum absolute atomic E-state index is 0.138. The maximum atomic E-state index is 13.8. The summed E-state index contributed by atoms with van der Waals surface area (Å²) in [5, 5.41) is 9.38. The van der Waals surface area contributed by atoms with Gasteiger partial charge in [-0.1, -0.05) is 13.0 Å². The largest absolute Gasteiger partial charge is 0.497 e. The molecule has 0 aliphatic carbocycles. The van der Waals surface area contributed by atoms with Crippen LogP contribution in [-0.2, 0) is 6.54 Å². The molecule has 0 aromatic heterocycles. The topological polar surface area (TPSA) is 32.7 Å². The van der Waals surface area contributed by atoms with Crippen LogP contribution in [0.5, 0.6) is 5.75 Å². The van der Waals surface area contributed by atoms with Crippen LogP contribution in [0.4, 0.5) is 4.39 Å². The zero-order valence-electron chi connectivity index (χ0n) is 10.9. The van der Waals surface area contributed by atoms with E-state index in [2.05, 4.69) is 11.8 Å². The van der Waals surface area contributed by atoms with Gasteiger partial charge in [0.05, 0.1) is 13.7 Å². The fraction of sp³-hybridized carbons (Fsp3) is 0.571. The van der Waals surface area contributed by atoms with E-state index in [4.69, 9.17) is 4.74 Å². The summed E-state index contributed by atoms with van der Waals surface area (Å²) in [5.41, 5.74) is 0.656. The molecule has 1 aromatic rings. The van der Waals surface area contributed by atoms with E-state index in [1.807, 2.05) is 0 Å². The summed E-state index contributed by atoms with van der Waals surface area (Å²) in [6.07, 6.45) is 1.06. The number of aliphatic hydroxyl groups is 1. The Balaban J connectivity index is 2.09. The molecule has 4 heteroatoms. The first-order valence-corrected chi connectivity index (χ1v) is 6.33. The van der Waals surface area contributed by atoms with Gasteiger partial charge in [-0.05, 0) is 24.9 Å². The van der Waals surface area contributed by atoms with E-state index in [0.717, 1.165) is 13.0 Å². The Hall–Kier alpha value is -1.13. The molecular weight excluding hydrogens is 233 g/mol. The first-order chi connectivity index (χ1) is 8.65. The highest BCUT2D eigenvalue weighted by atomic mass is 19.1. The molecule has 0 saturated carbocycles. The van der Waals surface area contributed by atoms with Crippen LogP contribution in [0.2, 0.25) is 0 Å². The number of aliphatic hydroxyl groups excluding tert-OH is 1. The standard InChI is InChI=1S/C14H20FNO2/c1-10-5-6-16(14(10)9-17)8-11-3-4-12(18-2)7-13(11)15/h3-4,7,10,14,17H,5-6,8-9H2,1-2H3. The Morgan fingerprint density at radius 2 is 2.28 bits per heavy atom. The van der Waals surface area contributed by atoms with Gasteiger partial charge < -0.3 is 9.84 Å². The molecule has 1 fully saturated rings. The first kappa shape index (κ1) is 13.3. The highest BCUT2D eigenvalue weighted by Gasteiger charge is 2.30. The van der Waals surface area contributed by atoms with Crippen molar-refractivity contribution < 1.29 is 14.2 Å². The predicted molar refractivity (Wildman–Crippen MR) is 68.0 cm³/mol. The molecule has 100 valence electrons. The second kappa shape index (κ2) is 5.67. The molecule has 0 radical (unpaired) electrons. The Bertz CT molecular complexity index is 411. The van der Waals surface area contributed by atoms with Crippen LogP contribution in [0.1, 0.15) is 18.9 Å². The number of benzene rings is 1. The maximum absolute atomic E-state index is 13.8. The van der Waals surface area contributed by atoms with Gasteiger partial charge in [-0.2, -0.15) is 0 Å². The Kier molecular flexibility index (Phi) is 4.19. The van der Waals surface area contributed by atoms with E-state index in [-0.39, 0.29) is 18.5 Å². The van der Waals surface area contributed by atoms with E-state index in [1.54, 1.807) is 12.1 Å². The second-order valence-corrected chi connectivity index (χ2v) is 4.94. The van der Waals surface area contributed by atoms with Crippen LogP contribution in [0, 0.1) is 11.7 Å². The minimum atomic E-state index is -0.245. The van der Waals surface area contributed by atoms with Gasteiger partial charge in [0.15, 0.2) is 0 Å². The van der Waals surface area contributed by atoms with Gasteiger partial charge in [-0.15, -0.1) is 0 Å². The molecule has 2 rings (SSSR count). The van der Waals surface area contributed by atoms with Crippen molar-refractivity contribution in [3.63, 3.8) is 0 Å². The van der Waals surface area contributed by atoms with Crippen LogP contribution < -0.4 is 4.74 Å². The molecule has 0 spiro atoms. The Morgan fingerprint density at radius 1 is 1.50 bits per heavy atom. The van der Waals surface area contributed by atoms with Gasteiger partial charge in [0.1, 0.15) is 11.6 Å². The van der Waals surface area contributed by atoms with E-state index >= 15 is 0 Å². The summed E-state index contributed by atoms with van der Waals surface area (Å²) in [6, 6.07) is 5.08. The number of likely N-dealkylation sites (tertiary alicyclic amines) is 1. The number of ether oxygens (including phenoxy) is 1. The lowest BCUT2D eigenvalue weighted by molar-refractivity contribution is 0.133. The van der Waals surface area contributed by atoms with Crippen molar-refractivity contribution in [2.45, 2.75) is 25.9 Å². The quantitative estimate of drug-likeness (QED) is 0.891. The van der Waals surface area contributed by atoms with E-state index in [1.165, 1.54) is 13.2 Å². The normalized spacial score (nSPS) is 24.4. The highest BCUT2D eigenvalue weighted by molar-refractivity contribution is 5.29. The number of rotatable bonds is 4. The van der Waals surface area contributed by atoms with Gasteiger partial charge in [0.25, 0.3) is 0 Å². The highest BCUT2D eigenvalue weighted by Crippen LogP contribution is 2.26. The summed E-state index contributed by atoms with van der Waals surface area (Å²) < 4.78 is 18.8. The van der Waals surface area contributed by atoms with Gasteiger partial charge in [0.2, 0.25) is 0 Å². The zero-order chi connectivity index (χ0) is 13.1. The molecule has 1 aromatic carbocycles. The SMILES string of the molecule is COc1ccc(CN2CCC(C)C2CO)c(F)c1. The molecule has 2 atom stereocenters. The van der Waals surface area contributed by atoms with Crippen molar-refractivity contribution >= 4 is 0 Å². The average Bonchev–Trinajstić information content (AvgIpc) is 2.72. The predicted octanol–water partition coefficient (Wildman–Crippen LogP) is 2.04. The molecule has 18 heavy (non-hydrogen) atoms. The van der Waals surface area contributed by atoms with Gasteiger partial charge in [0, 0.05) is 24.2 Å². The lowest BCUT2D eigenvalue weighted by atomic mass is 10.0.